The fraction of sp³-hybridized carbons (Fsp3) is 0.500. The lowest BCUT2D eigenvalue weighted by atomic mass is 10.1. The predicted octanol–water partition coefficient (Wildman–Crippen LogP) is 3.26. The molecule has 102 valence electrons. The van der Waals surface area contributed by atoms with Crippen molar-refractivity contribution in [2.45, 2.75) is 25.4 Å². The van der Waals surface area contributed by atoms with Crippen LogP contribution in [0.15, 0.2) is 18.2 Å². The maximum Gasteiger partial charge on any atom is 0.0962 e. The number of rotatable bonds is 4. The Morgan fingerprint density at radius 1 is 1.37 bits per heavy atom. The first-order valence-corrected chi connectivity index (χ1v) is 7.88. The largest absolute Gasteiger partial charge is 0.378 e. The third-order valence-electron chi connectivity index (χ3n) is 3.37. The Labute approximate surface area is 121 Å². The van der Waals surface area contributed by atoms with E-state index < -0.39 is 0 Å². The van der Waals surface area contributed by atoms with Gasteiger partial charge < -0.3 is 10.1 Å². The summed E-state index contributed by atoms with van der Waals surface area (Å²) in [6.45, 7) is 2.89. The van der Waals surface area contributed by atoms with Crippen LogP contribution < -0.4 is 5.32 Å². The Hall–Kier alpha value is -0.680. The van der Waals surface area contributed by atoms with Crippen LogP contribution in [0.3, 0.4) is 0 Å². The van der Waals surface area contributed by atoms with E-state index in [1.165, 1.54) is 0 Å². The van der Waals surface area contributed by atoms with Gasteiger partial charge in [0.05, 0.1) is 33.0 Å². The normalized spacial score (nSPS) is 17.1. The lowest BCUT2D eigenvalue weighted by Gasteiger charge is -2.22. The van der Waals surface area contributed by atoms with Gasteiger partial charge in [-0.05, 0) is 38.1 Å². The molecule has 1 aromatic heterocycles. The molecule has 0 bridgehead atoms. The second kappa shape index (κ2) is 6.18. The highest BCUT2D eigenvalue weighted by molar-refractivity contribution is 7.19. The highest BCUT2D eigenvalue weighted by Crippen LogP contribution is 2.29. The molecule has 1 aromatic carbocycles. The van der Waals surface area contributed by atoms with Gasteiger partial charge in [0.25, 0.3) is 0 Å². The lowest BCUT2D eigenvalue weighted by molar-refractivity contribution is 0.0349. The number of nitrogens with zero attached hydrogens (tertiary/aromatic N) is 1. The number of benzene rings is 1. The molecular formula is C14H17ClN2OS. The Kier molecular flexibility index (Phi) is 4.33. The summed E-state index contributed by atoms with van der Waals surface area (Å²) in [6.07, 6.45) is 3.52. The number of piperidine rings is 1. The standard InChI is InChI=1S/C14H17ClN2OS/c15-11-2-1-3-12-14(11)19-13(17-12)6-9-18-10-4-7-16-8-5-10/h1-3,10,16H,4-9H2. The van der Waals surface area contributed by atoms with Gasteiger partial charge >= 0.3 is 0 Å². The molecular weight excluding hydrogens is 280 g/mol. The molecule has 0 aliphatic carbocycles. The summed E-state index contributed by atoms with van der Waals surface area (Å²) in [5.41, 5.74) is 0.995. The quantitative estimate of drug-likeness (QED) is 0.940. The van der Waals surface area contributed by atoms with Crippen LogP contribution in [-0.4, -0.2) is 30.8 Å². The minimum atomic E-state index is 0.416. The number of halogens is 1. The van der Waals surface area contributed by atoms with Gasteiger partial charge in [0.1, 0.15) is 0 Å². The van der Waals surface area contributed by atoms with Crippen molar-refractivity contribution >= 4 is 33.2 Å². The summed E-state index contributed by atoms with van der Waals surface area (Å²) >= 11 is 7.83. The summed E-state index contributed by atoms with van der Waals surface area (Å²) in [7, 11) is 0. The van der Waals surface area contributed by atoms with Crippen molar-refractivity contribution in [3.05, 3.63) is 28.2 Å². The topological polar surface area (TPSA) is 34.1 Å². The number of hydrogen-bond acceptors (Lipinski definition) is 4. The third-order valence-corrected chi connectivity index (χ3v) is 4.96. The zero-order valence-electron chi connectivity index (χ0n) is 10.7. The summed E-state index contributed by atoms with van der Waals surface area (Å²) in [4.78, 5) is 4.60. The maximum absolute atomic E-state index is 6.16. The minimum absolute atomic E-state index is 0.416. The van der Waals surface area contributed by atoms with Gasteiger partial charge in [0, 0.05) is 6.42 Å². The van der Waals surface area contributed by atoms with Crippen LogP contribution >= 0.6 is 22.9 Å². The van der Waals surface area contributed by atoms with Crippen LogP contribution in [0, 0.1) is 0 Å². The molecule has 5 heteroatoms. The SMILES string of the molecule is Clc1cccc2nc(CCOC3CCNCC3)sc12. The molecule has 0 unspecified atom stereocenters. The van der Waals surface area contributed by atoms with E-state index >= 15 is 0 Å². The van der Waals surface area contributed by atoms with E-state index in [1.807, 2.05) is 18.2 Å². The van der Waals surface area contributed by atoms with Crippen LogP contribution in [0.5, 0.6) is 0 Å². The number of aromatic nitrogens is 1. The first-order chi connectivity index (χ1) is 9.33. The van der Waals surface area contributed by atoms with E-state index in [9.17, 15) is 0 Å². The van der Waals surface area contributed by atoms with Crippen LogP contribution in [-0.2, 0) is 11.2 Å². The van der Waals surface area contributed by atoms with E-state index in [0.29, 0.717) is 6.10 Å². The Bertz CT molecular complexity index is 551. The molecule has 3 rings (SSSR count). The molecule has 0 saturated carbocycles. The molecule has 1 saturated heterocycles. The minimum Gasteiger partial charge on any atom is -0.378 e. The van der Waals surface area contributed by atoms with Gasteiger partial charge in [0.2, 0.25) is 0 Å². The average molecular weight is 297 g/mol. The summed E-state index contributed by atoms with van der Waals surface area (Å²) in [5.74, 6) is 0. The van der Waals surface area contributed by atoms with E-state index in [4.69, 9.17) is 16.3 Å². The van der Waals surface area contributed by atoms with E-state index in [0.717, 1.165) is 59.2 Å². The second-order valence-electron chi connectivity index (χ2n) is 4.77. The van der Waals surface area contributed by atoms with Crippen molar-refractivity contribution < 1.29 is 4.74 Å². The molecule has 1 aliphatic heterocycles. The first-order valence-electron chi connectivity index (χ1n) is 6.69. The van der Waals surface area contributed by atoms with Crippen molar-refractivity contribution in [2.24, 2.45) is 0 Å². The molecule has 2 heterocycles. The van der Waals surface area contributed by atoms with Crippen molar-refractivity contribution in [3.8, 4) is 0 Å². The average Bonchev–Trinajstić information content (AvgIpc) is 2.84. The number of fused-ring (bicyclic) bond motifs is 1. The lowest BCUT2D eigenvalue weighted by Crippen LogP contribution is -2.32. The van der Waals surface area contributed by atoms with Crippen LogP contribution in [0.2, 0.25) is 5.02 Å². The molecule has 1 aliphatic rings. The van der Waals surface area contributed by atoms with Gasteiger partial charge in [-0.3, -0.25) is 0 Å². The number of hydrogen-bond donors (Lipinski definition) is 1. The van der Waals surface area contributed by atoms with Crippen LogP contribution in [0.4, 0.5) is 0 Å². The smallest absolute Gasteiger partial charge is 0.0962 e. The summed E-state index contributed by atoms with van der Waals surface area (Å²) in [5, 5.41) is 5.24. The first kappa shape index (κ1) is 13.3. The highest BCUT2D eigenvalue weighted by atomic mass is 35.5. The van der Waals surface area contributed by atoms with E-state index in [2.05, 4.69) is 10.3 Å². The maximum atomic E-state index is 6.16. The van der Waals surface area contributed by atoms with Crippen molar-refractivity contribution in [1.29, 1.82) is 0 Å². The molecule has 19 heavy (non-hydrogen) atoms. The molecule has 2 aromatic rings. The molecule has 3 nitrogen and oxygen atoms in total. The number of nitrogens with one attached hydrogen (secondary N) is 1. The van der Waals surface area contributed by atoms with Gasteiger partial charge in [0.15, 0.2) is 0 Å². The monoisotopic (exact) mass is 296 g/mol. The van der Waals surface area contributed by atoms with E-state index in [-0.39, 0.29) is 0 Å². The van der Waals surface area contributed by atoms with Gasteiger partial charge in [-0.1, -0.05) is 17.7 Å². The van der Waals surface area contributed by atoms with Crippen LogP contribution in [0.1, 0.15) is 17.8 Å². The molecule has 0 atom stereocenters. The Balaban J connectivity index is 1.57. The van der Waals surface area contributed by atoms with Crippen LogP contribution in [0.25, 0.3) is 10.2 Å². The molecule has 1 fully saturated rings. The van der Waals surface area contributed by atoms with Crippen molar-refractivity contribution in [2.75, 3.05) is 19.7 Å². The van der Waals surface area contributed by atoms with Gasteiger partial charge in [-0.15, -0.1) is 11.3 Å². The predicted molar refractivity (Wildman–Crippen MR) is 80.2 cm³/mol. The fourth-order valence-electron chi connectivity index (χ4n) is 2.34. The number of ether oxygens (including phenoxy) is 1. The number of thiazole rings is 1. The van der Waals surface area contributed by atoms with Crippen molar-refractivity contribution in [1.82, 2.24) is 10.3 Å². The van der Waals surface area contributed by atoms with E-state index in [1.54, 1.807) is 11.3 Å². The second-order valence-corrected chi connectivity index (χ2v) is 6.26. The molecule has 0 spiro atoms. The van der Waals surface area contributed by atoms with Gasteiger partial charge in [-0.2, -0.15) is 0 Å². The molecule has 1 N–H and O–H groups in total. The molecule has 0 amide bonds. The summed E-state index contributed by atoms with van der Waals surface area (Å²) in [6, 6.07) is 5.87. The summed E-state index contributed by atoms with van der Waals surface area (Å²) < 4.78 is 6.99. The Morgan fingerprint density at radius 3 is 3.00 bits per heavy atom. The fourth-order valence-corrected chi connectivity index (χ4v) is 3.58. The third kappa shape index (κ3) is 3.26. The highest BCUT2D eigenvalue weighted by Gasteiger charge is 2.13. The molecule has 0 radical (unpaired) electrons. The zero-order chi connectivity index (χ0) is 13.1. The zero-order valence-corrected chi connectivity index (χ0v) is 12.3. The van der Waals surface area contributed by atoms with Gasteiger partial charge in [-0.25, -0.2) is 4.98 Å². The van der Waals surface area contributed by atoms with Crippen molar-refractivity contribution in [3.63, 3.8) is 0 Å². The Morgan fingerprint density at radius 2 is 2.21 bits per heavy atom.